The number of nitrogens with zero attached hydrogens (tertiary/aromatic N) is 1. The molecule has 8 nitrogen and oxygen atoms in total. The van der Waals surface area contributed by atoms with Crippen LogP contribution in [0.4, 0.5) is 5.69 Å². The van der Waals surface area contributed by atoms with Crippen LogP contribution in [0.15, 0.2) is 47.4 Å². The second-order valence-corrected chi connectivity index (χ2v) is 9.05. The average molecular weight is 432 g/mol. The number of amides is 1. The van der Waals surface area contributed by atoms with Crippen molar-refractivity contribution < 1.29 is 22.7 Å². The Kier molecular flexibility index (Phi) is 6.42. The maximum Gasteiger partial charge on any atom is 0.311 e. The molecule has 0 aromatic heterocycles. The zero-order chi connectivity index (χ0) is 21.9. The molecule has 0 saturated heterocycles. The Hall–Kier alpha value is -2.91. The van der Waals surface area contributed by atoms with E-state index in [-0.39, 0.29) is 35.5 Å². The first-order valence-corrected chi connectivity index (χ1v) is 11.1. The molecule has 0 bridgehead atoms. The molecule has 2 aromatic rings. The quantitative estimate of drug-likeness (QED) is 0.507. The number of sulfonamides is 1. The Morgan fingerprint density at radius 2 is 1.90 bits per heavy atom. The van der Waals surface area contributed by atoms with Gasteiger partial charge in [-0.3, -0.25) is 9.59 Å². The molecule has 0 fully saturated rings. The van der Waals surface area contributed by atoms with Crippen molar-refractivity contribution in [3.63, 3.8) is 0 Å². The first-order valence-electron chi connectivity index (χ1n) is 9.54. The second-order valence-electron chi connectivity index (χ2n) is 7.48. The van der Waals surface area contributed by atoms with E-state index in [9.17, 15) is 18.0 Å². The third kappa shape index (κ3) is 5.37. The lowest BCUT2D eigenvalue weighted by Gasteiger charge is -2.25. The first-order chi connectivity index (χ1) is 14.1. The van der Waals surface area contributed by atoms with E-state index >= 15 is 0 Å². The van der Waals surface area contributed by atoms with E-state index < -0.39 is 10.0 Å². The molecule has 0 aliphatic carbocycles. The number of rotatable bonds is 7. The predicted molar refractivity (Wildman–Crippen MR) is 113 cm³/mol. The van der Waals surface area contributed by atoms with Crippen LogP contribution in [-0.2, 0) is 26.0 Å². The van der Waals surface area contributed by atoms with E-state index in [0.717, 1.165) is 16.8 Å². The van der Waals surface area contributed by atoms with Gasteiger partial charge in [0.15, 0.2) is 0 Å². The Morgan fingerprint density at radius 3 is 2.53 bits per heavy atom. The molecule has 3 rings (SSSR count). The highest BCUT2D eigenvalue weighted by molar-refractivity contribution is 7.89. The van der Waals surface area contributed by atoms with Gasteiger partial charge in [-0.15, -0.1) is 0 Å². The van der Waals surface area contributed by atoms with Gasteiger partial charge in [0.05, 0.1) is 11.3 Å². The fourth-order valence-electron chi connectivity index (χ4n) is 3.37. The number of primary sulfonamides is 1. The van der Waals surface area contributed by atoms with E-state index in [1.807, 2.05) is 37.2 Å². The summed E-state index contributed by atoms with van der Waals surface area (Å²) in [6.07, 6.45) is 0.899. The van der Waals surface area contributed by atoms with Crippen LogP contribution in [0.25, 0.3) is 0 Å². The minimum absolute atomic E-state index is 0.0514. The highest BCUT2D eigenvalue weighted by Gasteiger charge is 2.29. The standard InChI is InChI=1S/C21H25N3O5S/c1-24(2)16-5-8-18-15(12-21(26)29-19(18)13-16)11-20(25)23-10-9-14-3-6-17(7-4-14)30(22,27)28/h3-8,13,15H,9-12H2,1-2H3,(H,23,25)(H2,22,27,28). The number of hydrogen-bond acceptors (Lipinski definition) is 6. The predicted octanol–water partition coefficient (Wildman–Crippen LogP) is 1.54. The van der Waals surface area contributed by atoms with Crippen LogP contribution >= 0.6 is 0 Å². The van der Waals surface area contributed by atoms with Crippen LogP contribution in [-0.4, -0.2) is 40.9 Å². The molecule has 3 N–H and O–H groups in total. The Morgan fingerprint density at radius 1 is 1.20 bits per heavy atom. The van der Waals surface area contributed by atoms with Gasteiger partial charge in [0.2, 0.25) is 15.9 Å². The number of hydrogen-bond donors (Lipinski definition) is 2. The van der Waals surface area contributed by atoms with E-state index in [4.69, 9.17) is 9.88 Å². The lowest BCUT2D eigenvalue weighted by atomic mass is 9.89. The van der Waals surface area contributed by atoms with Crippen molar-refractivity contribution in [1.82, 2.24) is 5.32 Å². The highest BCUT2D eigenvalue weighted by atomic mass is 32.2. The lowest BCUT2D eigenvalue weighted by molar-refractivity contribution is -0.136. The summed E-state index contributed by atoms with van der Waals surface area (Å²) in [4.78, 5) is 26.4. The summed E-state index contributed by atoms with van der Waals surface area (Å²) in [5, 5.41) is 7.94. The zero-order valence-corrected chi connectivity index (χ0v) is 17.7. The van der Waals surface area contributed by atoms with Gasteiger partial charge in [0.25, 0.3) is 0 Å². The fraction of sp³-hybridized carbons (Fsp3) is 0.333. The van der Waals surface area contributed by atoms with Gasteiger partial charge in [-0.1, -0.05) is 18.2 Å². The smallest absolute Gasteiger partial charge is 0.311 e. The fourth-order valence-corrected chi connectivity index (χ4v) is 3.89. The van der Waals surface area contributed by atoms with Crippen molar-refractivity contribution >= 4 is 27.6 Å². The molecule has 1 aliphatic rings. The number of esters is 1. The van der Waals surface area contributed by atoms with Crippen LogP contribution in [0.5, 0.6) is 5.75 Å². The first kappa shape index (κ1) is 21.8. The van der Waals surface area contributed by atoms with Gasteiger partial charge in [-0.2, -0.15) is 0 Å². The number of ether oxygens (including phenoxy) is 1. The van der Waals surface area contributed by atoms with E-state index in [1.165, 1.54) is 12.1 Å². The Labute approximate surface area is 176 Å². The van der Waals surface area contributed by atoms with Gasteiger partial charge < -0.3 is 15.0 Å². The molecule has 1 heterocycles. The molecule has 160 valence electrons. The van der Waals surface area contributed by atoms with Crippen LogP contribution in [0, 0.1) is 0 Å². The molecule has 0 radical (unpaired) electrons. The molecule has 9 heteroatoms. The Balaban J connectivity index is 1.57. The molecular weight excluding hydrogens is 406 g/mol. The molecule has 2 aromatic carbocycles. The molecule has 30 heavy (non-hydrogen) atoms. The molecule has 1 amide bonds. The van der Waals surface area contributed by atoms with Gasteiger partial charge >= 0.3 is 5.97 Å². The molecular formula is C21H25N3O5S. The van der Waals surface area contributed by atoms with E-state index in [1.54, 1.807) is 12.1 Å². The number of carbonyl (C=O) groups excluding carboxylic acids is 2. The summed E-state index contributed by atoms with van der Waals surface area (Å²) in [5.74, 6) is -0.221. The van der Waals surface area contributed by atoms with Crippen molar-refractivity contribution in [1.29, 1.82) is 0 Å². The third-order valence-corrected chi connectivity index (χ3v) is 5.94. The largest absolute Gasteiger partial charge is 0.426 e. The van der Waals surface area contributed by atoms with Crippen molar-refractivity contribution in [3.8, 4) is 5.75 Å². The maximum absolute atomic E-state index is 12.4. The van der Waals surface area contributed by atoms with E-state index in [2.05, 4.69) is 5.32 Å². The minimum atomic E-state index is -3.72. The van der Waals surface area contributed by atoms with Gasteiger partial charge in [0, 0.05) is 44.7 Å². The second kappa shape index (κ2) is 8.85. The zero-order valence-electron chi connectivity index (χ0n) is 16.9. The molecule has 0 saturated carbocycles. The highest BCUT2D eigenvalue weighted by Crippen LogP contribution is 2.38. The number of benzene rings is 2. The summed E-state index contributed by atoms with van der Waals surface area (Å²) in [6.45, 7) is 0.400. The summed E-state index contributed by atoms with van der Waals surface area (Å²) >= 11 is 0. The average Bonchev–Trinajstić information content (AvgIpc) is 2.67. The van der Waals surface area contributed by atoms with Crippen molar-refractivity contribution in [3.05, 3.63) is 53.6 Å². The lowest BCUT2D eigenvalue weighted by Crippen LogP contribution is -2.29. The third-order valence-electron chi connectivity index (χ3n) is 5.01. The number of nitrogens with two attached hydrogens (primary N) is 1. The molecule has 1 unspecified atom stereocenters. The van der Waals surface area contributed by atoms with Gasteiger partial charge in [-0.25, -0.2) is 13.6 Å². The van der Waals surface area contributed by atoms with Gasteiger partial charge in [0.1, 0.15) is 5.75 Å². The van der Waals surface area contributed by atoms with Crippen LogP contribution in [0.1, 0.15) is 29.9 Å². The molecule has 1 atom stereocenters. The van der Waals surface area contributed by atoms with Crippen LogP contribution in [0.3, 0.4) is 0 Å². The SMILES string of the molecule is CN(C)c1ccc2c(c1)OC(=O)CC2CC(=O)NCCc1ccc(S(N)(=O)=O)cc1. The van der Waals surface area contributed by atoms with Gasteiger partial charge in [-0.05, 0) is 35.7 Å². The van der Waals surface area contributed by atoms with Crippen molar-refractivity contribution in [2.75, 3.05) is 25.5 Å². The molecule has 0 spiro atoms. The normalized spacial score (nSPS) is 15.8. The van der Waals surface area contributed by atoms with Crippen LogP contribution in [0.2, 0.25) is 0 Å². The van der Waals surface area contributed by atoms with Crippen molar-refractivity contribution in [2.24, 2.45) is 5.14 Å². The number of nitrogens with one attached hydrogen (secondary N) is 1. The summed E-state index contributed by atoms with van der Waals surface area (Å²) < 4.78 is 27.9. The minimum Gasteiger partial charge on any atom is -0.426 e. The monoisotopic (exact) mass is 431 g/mol. The summed E-state index contributed by atoms with van der Waals surface area (Å²) in [5.41, 5.74) is 2.65. The molecule has 1 aliphatic heterocycles. The topological polar surface area (TPSA) is 119 Å². The maximum atomic E-state index is 12.4. The number of carbonyl (C=O) groups is 2. The number of fused-ring (bicyclic) bond motifs is 1. The van der Waals surface area contributed by atoms with E-state index in [0.29, 0.717) is 18.7 Å². The number of anilines is 1. The summed E-state index contributed by atoms with van der Waals surface area (Å²) in [7, 11) is 0.0886. The Bertz CT molecular complexity index is 1050. The van der Waals surface area contributed by atoms with Crippen LogP contribution < -0.4 is 20.1 Å². The summed E-state index contributed by atoms with van der Waals surface area (Å²) in [6, 6.07) is 11.9. The van der Waals surface area contributed by atoms with Crippen molar-refractivity contribution in [2.45, 2.75) is 30.1 Å².